The van der Waals surface area contributed by atoms with E-state index < -0.39 is 97.5 Å². The second kappa shape index (κ2) is 61.9. The second-order valence-corrected chi connectivity index (χ2v) is 29.7. The Balaban J connectivity index is 5.21. The molecule has 0 fully saturated rings. The van der Waals surface area contributed by atoms with Crippen molar-refractivity contribution in [3.05, 3.63) is 0 Å². The smallest absolute Gasteiger partial charge is 0.462 e. The summed E-state index contributed by atoms with van der Waals surface area (Å²) in [5, 5.41) is 10.6. The number of unbranched alkanes of at least 4 members (excludes halogenated alkanes) is 36. The van der Waals surface area contributed by atoms with Crippen LogP contribution in [-0.4, -0.2) is 96.7 Å². The van der Waals surface area contributed by atoms with Gasteiger partial charge in [-0.1, -0.05) is 305 Å². The number of phosphoric acid groups is 2. The zero-order valence-corrected chi connectivity index (χ0v) is 60.4. The number of aliphatic hydroxyl groups is 1. The first-order valence-corrected chi connectivity index (χ1v) is 39.9. The van der Waals surface area contributed by atoms with Gasteiger partial charge in [-0.2, -0.15) is 0 Å². The van der Waals surface area contributed by atoms with Gasteiger partial charge in [-0.05, 0) is 43.4 Å². The van der Waals surface area contributed by atoms with Crippen LogP contribution in [0.15, 0.2) is 0 Å². The first-order chi connectivity index (χ1) is 43.3. The van der Waals surface area contributed by atoms with Crippen LogP contribution < -0.4 is 0 Å². The number of hydrogen-bond acceptors (Lipinski definition) is 15. The third-order valence-electron chi connectivity index (χ3n) is 16.7. The lowest BCUT2D eigenvalue weighted by atomic mass is 9.99. The summed E-state index contributed by atoms with van der Waals surface area (Å²) in [5.74, 6) is 0.0641. The normalized spacial score (nSPS) is 14.5. The average Bonchev–Trinajstić information content (AvgIpc) is 2.80. The molecule has 0 spiro atoms. The number of phosphoric ester groups is 2. The zero-order chi connectivity index (χ0) is 66.6. The highest BCUT2D eigenvalue weighted by molar-refractivity contribution is 7.47. The molecule has 0 heterocycles. The van der Waals surface area contributed by atoms with Gasteiger partial charge in [-0.25, -0.2) is 9.13 Å². The Kier molecular flexibility index (Phi) is 60.6. The van der Waals surface area contributed by atoms with E-state index in [1.165, 1.54) is 161 Å². The SMILES string of the molecule is CCCCCCCCCCCCCCCCC(=O)OC[C@H](COP(=O)(O)OC[C@@H](O)COP(=O)(O)OC[C@@H](COC(=O)CCCCCCCCC(C)C)OC(=O)CCCCCCCCC(C)C)OC(=O)CCCCCCCCCCCCCCCCC(C)CC. The molecule has 0 aliphatic heterocycles. The van der Waals surface area contributed by atoms with Gasteiger partial charge in [0.05, 0.1) is 26.4 Å². The van der Waals surface area contributed by atoms with E-state index in [1.54, 1.807) is 0 Å². The number of carbonyl (C=O) groups is 4. The van der Waals surface area contributed by atoms with Crippen LogP contribution in [0.2, 0.25) is 0 Å². The Morgan fingerprint density at radius 3 is 0.844 bits per heavy atom. The number of hydrogen-bond donors (Lipinski definition) is 3. The van der Waals surface area contributed by atoms with E-state index in [-0.39, 0.29) is 25.7 Å². The molecule has 6 atom stereocenters. The highest BCUT2D eigenvalue weighted by Gasteiger charge is 2.30. The van der Waals surface area contributed by atoms with E-state index in [0.717, 1.165) is 102 Å². The molecule has 0 bridgehead atoms. The van der Waals surface area contributed by atoms with E-state index >= 15 is 0 Å². The van der Waals surface area contributed by atoms with E-state index in [9.17, 15) is 43.2 Å². The van der Waals surface area contributed by atoms with Crippen LogP contribution in [-0.2, 0) is 65.4 Å². The Hall–Kier alpha value is -1.94. The lowest BCUT2D eigenvalue weighted by Crippen LogP contribution is -2.30. The molecule has 0 radical (unpaired) electrons. The number of ether oxygens (including phenoxy) is 4. The third kappa shape index (κ3) is 63.5. The van der Waals surface area contributed by atoms with Crippen LogP contribution in [0.1, 0.15) is 357 Å². The molecular weight excluding hydrogens is 1190 g/mol. The Morgan fingerprint density at radius 1 is 0.322 bits per heavy atom. The monoisotopic (exact) mass is 1320 g/mol. The van der Waals surface area contributed by atoms with Crippen LogP contribution >= 0.6 is 15.6 Å². The van der Waals surface area contributed by atoms with Gasteiger partial charge in [0.15, 0.2) is 12.2 Å². The maximum atomic E-state index is 13.0. The van der Waals surface area contributed by atoms with Gasteiger partial charge in [0.25, 0.3) is 0 Å². The van der Waals surface area contributed by atoms with Crippen molar-refractivity contribution in [2.24, 2.45) is 17.8 Å². The summed E-state index contributed by atoms with van der Waals surface area (Å²) in [6, 6.07) is 0. The molecule has 19 heteroatoms. The van der Waals surface area contributed by atoms with Crippen LogP contribution in [0.25, 0.3) is 0 Å². The minimum Gasteiger partial charge on any atom is -0.462 e. The molecule has 90 heavy (non-hydrogen) atoms. The summed E-state index contributed by atoms with van der Waals surface area (Å²) in [7, 11) is -9.90. The van der Waals surface area contributed by atoms with Gasteiger partial charge in [-0.15, -0.1) is 0 Å². The maximum Gasteiger partial charge on any atom is 0.472 e. The van der Waals surface area contributed by atoms with E-state index in [0.29, 0.717) is 37.5 Å². The molecule has 0 aliphatic rings. The van der Waals surface area contributed by atoms with Crippen LogP contribution in [0.3, 0.4) is 0 Å². The van der Waals surface area contributed by atoms with Crippen LogP contribution in [0.4, 0.5) is 0 Å². The van der Waals surface area contributed by atoms with E-state index in [1.807, 2.05) is 0 Å². The van der Waals surface area contributed by atoms with E-state index in [2.05, 4.69) is 48.5 Å². The van der Waals surface area contributed by atoms with Crippen molar-refractivity contribution in [1.29, 1.82) is 0 Å². The molecule has 0 rings (SSSR count). The van der Waals surface area contributed by atoms with Crippen molar-refractivity contribution in [2.45, 2.75) is 375 Å². The third-order valence-corrected chi connectivity index (χ3v) is 18.6. The number of carbonyl (C=O) groups excluding carboxylic acids is 4. The topological polar surface area (TPSA) is 237 Å². The number of rotatable bonds is 69. The Morgan fingerprint density at radius 2 is 0.567 bits per heavy atom. The number of aliphatic hydroxyl groups excluding tert-OH is 1. The van der Waals surface area contributed by atoms with Crippen LogP contribution in [0.5, 0.6) is 0 Å². The summed E-state index contributed by atoms with van der Waals surface area (Å²) in [4.78, 5) is 72.5. The van der Waals surface area contributed by atoms with Crippen molar-refractivity contribution < 1.29 is 80.2 Å². The molecule has 534 valence electrons. The highest BCUT2D eigenvalue weighted by Crippen LogP contribution is 2.45. The minimum absolute atomic E-state index is 0.101. The largest absolute Gasteiger partial charge is 0.472 e. The average molecular weight is 1330 g/mol. The van der Waals surface area contributed by atoms with Crippen molar-refractivity contribution >= 4 is 39.5 Å². The van der Waals surface area contributed by atoms with Gasteiger partial charge in [-0.3, -0.25) is 37.3 Å². The van der Waals surface area contributed by atoms with Crippen LogP contribution in [0, 0.1) is 17.8 Å². The molecular formula is C71H138O17P2. The minimum atomic E-state index is -4.95. The summed E-state index contributed by atoms with van der Waals surface area (Å²) >= 11 is 0. The molecule has 0 saturated carbocycles. The Bertz CT molecular complexity index is 1770. The second-order valence-electron chi connectivity index (χ2n) is 26.8. The summed E-state index contributed by atoms with van der Waals surface area (Å²) in [6.45, 7) is 11.7. The van der Waals surface area contributed by atoms with Crippen molar-refractivity contribution in [3.63, 3.8) is 0 Å². The van der Waals surface area contributed by atoms with Crippen molar-refractivity contribution in [2.75, 3.05) is 39.6 Å². The van der Waals surface area contributed by atoms with Gasteiger partial charge in [0.1, 0.15) is 19.3 Å². The molecule has 0 saturated heterocycles. The molecule has 0 aromatic heterocycles. The molecule has 3 unspecified atom stereocenters. The van der Waals surface area contributed by atoms with E-state index in [4.69, 9.17) is 37.0 Å². The summed E-state index contributed by atoms with van der Waals surface area (Å²) < 4.78 is 68.2. The molecule has 0 aliphatic carbocycles. The molecule has 3 N–H and O–H groups in total. The predicted molar refractivity (Wildman–Crippen MR) is 363 cm³/mol. The highest BCUT2D eigenvalue weighted by atomic mass is 31.2. The first-order valence-electron chi connectivity index (χ1n) is 36.9. The van der Waals surface area contributed by atoms with Crippen molar-refractivity contribution in [3.8, 4) is 0 Å². The maximum absolute atomic E-state index is 13.0. The zero-order valence-electron chi connectivity index (χ0n) is 58.6. The molecule has 17 nitrogen and oxygen atoms in total. The van der Waals surface area contributed by atoms with Gasteiger partial charge in [0.2, 0.25) is 0 Å². The Labute approximate surface area is 549 Å². The lowest BCUT2D eigenvalue weighted by molar-refractivity contribution is -0.161. The fourth-order valence-electron chi connectivity index (χ4n) is 10.7. The van der Waals surface area contributed by atoms with Crippen molar-refractivity contribution in [1.82, 2.24) is 0 Å². The molecule has 0 aromatic carbocycles. The first kappa shape index (κ1) is 88.1. The predicted octanol–water partition coefficient (Wildman–Crippen LogP) is 20.2. The molecule has 0 amide bonds. The van der Waals surface area contributed by atoms with Gasteiger partial charge in [0, 0.05) is 25.7 Å². The quantitative estimate of drug-likeness (QED) is 0.0222. The standard InChI is InChI=1S/C71H138O17P2/c1-8-10-11-12-13-14-15-16-20-23-26-29-38-45-52-68(73)81-58-66(87-70(75)54-47-40-30-27-24-21-18-17-19-22-25-28-37-44-51-64(7)9-2)60-85-89(77,78)83-56-65(72)57-84-90(79,80)86-61-67(88-71(76)55-48-41-34-32-36-43-50-63(5)6)59-82-69(74)53-46-39-33-31-35-42-49-62(3)4/h62-67,72H,8-61H2,1-7H3,(H,77,78)(H,79,80)/t64?,65-,66-,67-/m1/s1. The lowest BCUT2D eigenvalue weighted by Gasteiger charge is -2.21. The summed E-state index contributed by atoms with van der Waals surface area (Å²) in [5.41, 5.74) is 0. The fourth-order valence-corrected chi connectivity index (χ4v) is 12.3. The van der Waals surface area contributed by atoms with Gasteiger partial charge < -0.3 is 33.8 Å². The summed E-state index contributed by atoms with van der Waals surface area (Å²) in [6.07, 6.45) is 46.1. The number of esters is 4. The van der Waals surface area contributed by atoms with Gasteiger partial charge >= 0.3 is 39.5 Å². The fraction of sp³-hybridized carbons (Fsp3) is 0.944. The molecule has 0 aromatic rings.